The van der Waals surface area contributed by atoms with Crippen LogP contribution in [0, 0.1) is 10.1 Å². The number of benzene rings is 1. The van der Waals surface area contributed by atoms with Crippen molar-refractivity contribution in [2.45, 2.75) is 45.2 Å². The first-order valence-electron chi connectivity index (χ1n) is 7.74. The largest absolute Gasteiger partial charge is 0.493 e. The summed E-state index contributed by atoms with van der Waals surface area (Å²) in [7, 11) is 3.03. The predicted octanol–water partition coefficient (Wildman–Crippen LogP) is 3.38. The molecule has 0 aromatic heterocycles. The van der Waals surface area contributed by atoms with E-state index in [1.165, 1.54) is 19.6 Å². The molecule has 0 unspecified atom stereocenters. The van der Waals surface area contributed by atoms with Crippen molar-refractivity contribution in [3.05, 3.63) is 27.8 Å². The van der Waals surface area contributed by atoms with E-state index >= 15 is 0 Å². The monoisotopic (exact) mass is 308 g/mol. The molecule has 0 aliphatic carbocycles. The van der Waals surface area contributed by atoms with Crippen LogP contribution in [-0.2, 0) is 6.54 Å². The molecule has 1 aliphatic rings. The highest BCUT2D eigenvalue weighted by atomic mass is 16.6. The third-order valence-electron chi connectivity index (χ3n) is 4.38. The van der Waals surface area contributed by atoms with Gasteiger partial charge in [0.2, 0.25) is 0 Å². The van der Waals surface area contributed by atoms with Crippen molar-refractivity contribution in [3.8, 4) is 11.5 Å². The molecule has 0 amide bonds. The van der Waals surface area contributed by atoms with Gasteiger partial charge in [0.25, 0.3) is 5.69 Å². The molecule has 0 radical (unpaired) electrons. The maximum atomic E-state index is 11.4. The first-order chi connectivity index (χ1) is 10.6. The maximum Gasteiger partial charge on any atom is 0.277 e. The summed E-state index contributed by atoms with van der Waals surface area (Å²) in [5.74, 6) is 0.928. The summed E-state index contributed by atoms with van der Waals surface area (Å²) in [6.07, 6.45) is 4.62. The molecule has 1 aliphatic heterocycles. The van der Waals surface area contributed by atoms with Gasteiger partial charge in [0.15, 0.2) is 11.5 Å². The fourth-order valence-electron chi connectivity index (χ4n) is 3.16. The van der Waals surface area contributed by atoms with Gasteiger partial charge in [0, 0.05) is 18.2 Å². The zero-order chi connectivity index (χ0) is 16.1. The average Bonchev–Trinajstić information content (AvgIpc) is 2.54. The van der Waals surface area contributed by atoms with Crippen LogP contribution in [0.2, 0.25) is 0 Å². The van der Waals surface area contributed by atoms with Gasteiger partial charge in [-0.2, -0.15) is 0 Å². The van der Waals surface area contributed by atoms with Gasteiger partial charge in [0.05, 0.1) is 25.2 Å². The van der Waals surface area contributed by atoms with Crippen molar-refractivity contribution in [2.24, 2.45) is 0 Å². The van der Waals surface area contributed by atoms with Gasteiger partial charge in [-0.15, -0.1) is 0 Å². The minimum atomic E-state index is -0.345. The molecule has 0 N–H and O–H groups in total. The third kappa shape index (κ3) is 3.50. The van der Waals surface area contributed by atoms with Gasteiger partial charge in [-0.05, 0) is 31.9 Å². The number of nitrogens with zero attached hydrogens (tertiary/aromatic N) is 2. The molecule has 122 valence electrons. The van der Waals surface area contributed by atoms with Crippen molar-refractivity contribution in [1.29, 1.82) is 0 Å². The summed E-state index contributed by atoms with van der Waals surface area (Å²) in [5.41, 5.74) is 0.779. The van der Waals surface area contributed by atoms with Crippen LogP contribution in [0.5, 0.6) is 11.5 Å². The molecule has 2 rings (SSSR count). The Hall–Kier alpha value is -1.82. The van der Waals surface area contributed by atoms with E-state index in [0.29, 0.717) is 29.6 Å². The van der Waals surface area contributed by atoms with E-state index in [1.54, 1.807) is 13.2 Å². The van der Waals surface area contributed by atoms with Crippen LogP contribution < -0.4 is 9.47 Å². The topological polar surface area (TPSA) is 64.8 Å². The number of nitro groups is 1. The lowest BCUT2D eigenvalue weighted by Gasteiger charge is -2.35. The molecule has 1 saturated heterocycles. The van der Waals surface area contributed by atoms with Gasteiger partial charge >= 0.3 is 0 Å². The number of ether oxygens (including phenoxy) is 2. The van der Waals surface area contributed by atoms with E-state index in [2.05, 4.69) is 11.8 Å². The van der Waals surface area contributed by atoms with Crippen molar-refractivity contribution < 1.29 is 14.4 Å². The van der Waals surface area contributed by atoms with Crippen LogP contribution >= 0.6 is 0 Å². The molecule has 0 spiro atoms. The molecule has 6 nitrogen and oxygen atoms in total. The van der Waals surface area contributed by atoms with E-state index in [9.17, 15) is 10.1 Å². The fourth-order valence-corrected chi connectivity index (χ4v) is 3.16. The molecule has 1 aromatic carbocycles. The average molecular weight is 308 g/mol. The van der Waals surface area contributed by atoms with Crippen LogP contribution in [0.25, 0.3) is 0 Å². The number of nitro benzene ring substituents is 1. The molecule has 22 heavy (non-hydrogen) atoms. The molecule has 6 heteroatoms. The van der Waals surface area contributed by atoms with Crippen LogP contribution in [-0.4, -0.2) is 36.6 Å². The normalized spacial score (nSPS) is 19.0. The van der Waals surface area contributed by atoms with Crippen molar-refractivity contribution in [2.75, 3.05) is 20.8 Å². The lowest BCUT2D eigenvalue weighted by Crippen LogP contribution is -2.38. The summed E-state index contributed by atoms with van der Waals surface area (Å²) in [4.78, 5) is 13.4. The first-order valence-corrected chi connectivity index (χ1v) is 7.74. The summed E-state index contributed by atoms with van der Waals surface area (Å²) < 4.78 is 10.5. The van der Waals surface area contributed by atoms with Crippen molar-refractivity contribution >= 4 is 5.69 Å². The lowest BCUT2D eigenvalue weighted by atomic mass is 9.99. The summed E-state index contributed by atoms with van der Waals surface area (Å²) in [6.45, 7) is 3.74. The first kappa shape index (κ1) is 16.5. The molecule has 1 fully saturated rings. The third-order valence-corrected chi connectivity index (χ3v) is 4.38. The lowest BCUT2D eigenvalue weighted by molar-refractivity contribution is -0.385. The van der Waals surface area contributed by atoms with E-state index in [4.69, 9.17) is 9.47 Å². The second-order valence-electron chi connectivity index (χ2n) is 5.62. The van der Waals surface area contributed by atoms with Crippen LogP contribution in [0.1, 0.15) is 38.2 Å². The van der Waals surface area contributed by atoms with Gasteiger partial charge in [-0.3, -0.25) is 15.0 Å². The number of rotatable bonds is 6. The number of piperidine rings is 1. The van der Waals surface area contributed by atoms with E-state index < -0.39 is 0 Å². The van der Waals surface area contributed by atoms with Crippen molar-refractivity contribution in [3.63, 3.8) is 0 Å². The highest BCUT2D eigenvalue weighted by molar-refractivity contribution is 5.54. The van der Waals surface area contributed by atoms with E-state index in [1.807, 2.05) is 0 Å². The minimum absolute atomic E-state index is 0.0954. The smallest absolute Gasteiger partial charge is 0.277 e. The summed E-state index contributed by atoms with van der Waals surface area (Å²) in [5, 5.41) is 11.4. The van der Waals surface area contributed by atoms with Crippen LogP contribution in [0.4, 0.5) is 5.69 Å². The SMILES string of the molecule is CC[C@@H]1CCCCN1Cc1cc(OC)c(OC)cc1[N+](=O)[O-]. The Bertz CT molecular complexity index is 533. The fraction of sp³-hybridized carbons (Fsp3) is 0.625. The Kier molecular flexibility index (Phi) is 5.60. The molecule has 1 heterocycles. The highest BCUT2D eigenvalue weighted by Gasteiger charge is 2.25. The van der Waals surface area contributed by atoms with Crippen LogP contribution in [0.3, 0.4) is 0 Å². The minimum Gasteiger partial charge on any atom is -0.493 e. The van der Waals surface area contributed by atoms with Gasteiger partial charge < -0.3 is 9.47 Å². The number of hydrogen-bond acceptors (Lipinski definition) is 5. The molecule has 1 aromatic rings. The van der Waals surface area contributed by atoms with Gasteiger partial charge in [0.1, 0.15) is 0 Å². The van der Waals surface area contributed by atoms with E-state index in [-0.39, 0.29) is 10.6 Å². The molecule has 0 saturated carbocycles. The Morgan fingerprint density at radius 1 is 1.27 bits per heavy atom. The number of hydrogen-bond donors (Lipinski definition) is 0. The molecular weight excluding hydrogens is 284 g/mol. The van der Waals surface area contributed by atoms with Crippen molar-refractivity contribution in [1.82, 2.24) is 4.90 Å². The number of likely N-dealkylation sites (tertiary alicyclic amines) is 1. The summed E-state index contributed by atoms with van der Waals surface area (Å²) >= 11 is 0. The number of methoxy groups -OCH3 is 2. The zero-order valence-corrected chi connectivity index (χ0v) is 13.5. The Balaban J connectivity index is 2.33. The second kappa shape index (κ2) is 7.45. The standard InChI is InChI=1S/C16H24N2O4/c1-4-13-7-5-6-8-17(13)11-12-9-15(21-2)16(22-3)10-14(12)18(19)20/h9-10,13H,4-8,11H2,1-3H3/t13-/m1/s1. The molecule has 0 bridgehead atoms. The zero-order valence-electron chi connectivity index (χ0n) is 13.5. The molecule has 1 atom stereocenters. The Morgan fingerprint density at radius 3 is 2.55 bits per heavy atom. The van der Waals surface area contributed by atoms with E-state index in [0.717, 1.165) is 25.8 Å². The predicted molar refractivity (Wildman–Crippen MR) is 84.5 cm³/mol. The Labute approximate surface area is 131 Å². The summed E-state index contributed by atoms with van der Waals surface area (Å²) in [6, 6.07) is 3.69. The van der Waals surface area contributed by atoms with Gasteiger partial charge in [-0.25, -0.2) is 0 Å². The maximum absolute atomic E-state index is 11.4. The molecular formula is C16H24N2O4. The quantitative estimate of drug-likeness (QED) is 0.595. The van der Waals surface area contributed by atoms with Gasteiger partial charge in [-0.1, -0.05) is 13.3 Å². The van der Waals surface area contributed by atoms with Crippen LogP contribution in [0.15, 0.2) is 12.1 Å². The second-order valence-corrected chi connectivity index (χ2v) is 5.62. The highest BCUT2D eigenvalue weighted by Crippen LogP contribution is 2.36. The Morgan fingerprint density at radius 2 is 1.95 bits per heavy atom.